The van der Waals surface area contributed by atoms with Gasteiger partial charge in [-0.25, -0.2) is 9.97 Å². The fourth-order valence-electron chi connectivity index (χ4n) is 2.03. The van der Waals surface area contributed by atoms with E-state index in [0.29, 0.717) is 5.56 Å². The molecular weight excluding hydrogens is 308 g/mol. The molecule has 114 valence electrons. The number of nitrogens with one attached hydrogen (secondary N) is 1. The van der Waals surface area contributed by atoms with Crippen LogP contribution >= 0.6 is 11.8 Å². The normalized spacial score (nSPS) is 10.3. The molecule has 2 aromatic heterocycles. The number of hydrogen-bond acceptors (Lipinski definition) is 5. The Labute approximate surface area is 138 Å². The summed E-state index contributed by atoms with van der Waals surface area (Å²) in [7, 11) is 0. The van der Waals surface area contributed by atoms with E-state index in [2.05, 4.69) is 20.3 Å². The van der Waals surface area contributed by atoms with Crippen LogP contribution in [0.25, 0.3) is 11.3 Å². The number of hydrogen-bond donors (Lipinski definition) is 1. The van der Waals surface area contributed by atoms with Crippen molar-refractivity contribution in [3.8, 4) is 11.3 Å². The Hall–Kier alpha value is -2.73. The van der Waals surface area contributed by atoms with Crippen LogP contribution in [0.15, 0.2) is 66.2 Å². The first-order chi connectivity index (χ1) is 11.3. The highest BCUT2D eigenvalue weighted by molar-refractivity contribution is 7.98. The first-order valence-electron chi connectivity index (χ1n) is 6.93. The molecule has 0 spiro atoms. The summed E-state index contributed by atoms with van der Waals surface area (Å²) in [5.41, 5.74) is 2.81. The zero-order valence-electron chi connectivity index (χ0n) is 12.4. The van der Waals surface area contributed by atoms with Crippen molar-refractivity contribution >= 4 is 23.4 Å². The summed E-state index contributed by atoms with van der Waals surface area (Å²) in [5.74, 6) is -0.188. The molecule has 0 radical (unpaired) electrons. The molecule has 1 N–H and O–H groups in total. The van der Waals surface area contributed by atoms with Crippen molar-refractivity contribution in [2.24, 2.45) is 0 Å². The quantitative estimate of drug-likeness (QED) is 0.744. The Morgan fingerprint density at radius 3 is 2.61 bits per heavy atom. The van der Waals surface area contributed by atoms with Crippen molar-refractivity contribution < 1.29 is 4.79 Å². The second-order valence-electron chi connectivity index (χ2n) is 4.75. The number of aromatic nitrogens is 3. The molecule has 0 unspecified atom stereocenters. The first kappa shape index (κ1) is 15.2. The van der Waals surface area contributed by atoms with E-state index >= 15 is 0 Å². The van der Waals surface area contributed by atoms with E-state index in [0.717, 1.165) is 21.8 Å². The lowest BCUT2D eigenvalue weighted by Crippen LogP contribution is -2.12. The zero-order chi connectivity index (χ0) is 16.1. The molecule has 23 heavy (non-hydrogen) atoms. The van der Waals surface area contributed by atoms with E-state index in [1.54, 1.807) is 42.5 Å². The smallest absolute Gasteiger partial charge is 0.257 e. The Bertz CT molecular complexity index is 806. The molecule has 0 saturated carbocycles. The third-order valence-electron chi connectivity index (χ3n) is 3.21. The number of rotatable bonds is 4. The van der Waals surface area contributed by atoms with Crippen molar-refractivity contribution in [3.05, 3.63) is 66.9 Å². The number of amides is 1. The van der Waals surface area contributed by atoms with Crippen LogP contribution < -0.4 is 5.32 Å². The van der Waals surface area contributed by atoms with Crippen LogP contribution in [-0.2, 0) is 0 Å². The van der Waals surface area contributed by atoms with E-state index in [9.17, 15) is 4.79 Å². The summed E-state index contributed by atoms with van der Waals surface area (Å²) < 4.78 is 0. The number of thioether (sulfide) groups is 1. The van der Waals surface area contributed by atoms with Crippen LogP contribution in [-0.4, -0.2) is 27.1 Å². The monoisotopic (exact) mass is 322 g/mol. The Morgan fingerprint density at radius 2 is 1.91 bits per heavy atom. The first-order valence-corrected chi connectivity index (χ1v) is 8.15. The van der Waals surface area contributed by atoms with Gasteiger partial charge in [-0.15, -0.1) is 11.8 Å². The van der Waals surface area contributed by atoms with Gasteiger partial charge in [0.25, 0.3) is 5.91 Å². The Kier molecular flexibility index (Phi) is 4.63. The minimum Gasteiger partial charge on any atom is -0.322 e. The van der Waals surface area contributed by atoms with E-state index in [-0.39, 0.29) is 5.91 Å². The van der Waals surface area contributed by atoms with Crippen LogP contribution in [0.5, 0.6) is 0 Å². The molecule has 0 saturated heterocycles. The Balaban J connectivity index is 1.75. The third-order valence-corrected chi connectivity index (χ3v) is 3.93. The highest BCUT2D eigenvalue weighted by Gasteiger charge is 2.08. The van der Waals surface area contributed by atoms with E-state index in [1.165, 1.54) is 6.33 Å². The van der Waals surface area contributed by atoms with Crippen molar-refractivity contribution in [2.75, 3.05) is 11.6 Å². The van der Waals surface area contributed by atoms with Crippen molar-refractivity contribution in [2.45, 2.75) is 4.90 Å². The molecule has 0 aliphatic carbocycles. The maximum atomic E-state index is 12.3. The van der Waals surface area contributed by atoms with Gasteiger partial charge in [-0.3, -0.25) is 9.78 Å². The lowest BCUT2D eigenvalue weighted by molar-refractivity contribution is 0.102. The van der Waals surface area contributed by atoms with Gasteiger partial charge < -0.3 is 5.32 Å². The van der Waals surface area contributed by atoms with Crippen LogP contribution in [0.4, 0.5) is 5.69 Å². The summed E-state index contributed by atoms with van der Waals surface area (Å²) in [4.78, 5) is 25.6. The maximum Gasteiger partial charge on any atom is 0.257 e. The van der Waals surface area contributed by atoms with Gasteiger partial charge in [-0.2, -0.15) is 0 Å². The molecule has 3 aromatic rings. The predicted molar refractivity (Wildman–Crippen MR) is 91.4 cm³/mol. The average Bonchev–Trinajstić information content (AvgIpc) is 2.63. The molecule has 0 bridgehead atoms. The number of carbonyl (C=O) groups excluding carboxylic acids is 1. The second-order valence-corrected chi connectivity index (χ2v) is 5.63. The van der Waals surface area contributed by atoms with Crippen molar-refractivity contribution in [3.63, 3.8) is 0 Å². The van der Waals surface area contributed by atoms with Gasteiger partial charge in [0.2, 0.25) is 0 Å². The SMILES string of the molecule is CSc1cccc(NC(=O)c2ccc(-c3cncnc3)nc2)c1. The van der Waals surface area contributed by atoms with Crippen LogP contribution in [0, 0.1) is 0 Å². The molecule has 1 amide bonds. The number of nitrogens with zero attached hydrogens (tertiary/aromatic N) is 3. The maximum absolute atomic E-state index is 12.3. The Morgan fingerprint density at radius 1 is 1.09 bits per heavy atom. The van der Waals surface area contributed by atoms with E-state index < -0.39 is 0 Å². The van der Waals surface area contributed by atoms with Gasteiger partial charge in [0.15, 0.2) is 0 Å². The third kappa shape index (κ3) is 3.73. The molecular formula is C17H14N4OS. The molecule has 6 heteroatoms. The number of anilines is 1. The number of benzene rings is 1. The second kappa shape index (κ2) is 7.02. The molecule has 2 heterocycles. The summed E-state index contributed by atoms with van der Waals surface area (Å²) in [6, 6.07) is 11.2. The van der Waals surface area contributed by atoms with Crippen LogP contribution in [0.3, 0.4) is 0 Å². The molecule has 5 nitrogen and oxygen atoms in total. The molecule has 1 aromatic carbocycles. The van der Waals surface area contributed by atoms with Crippen molar-refractivity contribution in [1.82, 2.24) is 15.0 Å². The predicted octanol–water partition coefficient (Wildman–Crippen LogP) is 3.51. The van der Waals surface area contributed by atoms with Crippen LogP contribution in [0.2, 0.25) is 0 Å². The highest BCUT2D eigenvalue weighted by atomic mass is 32.2. The van der Waals surface area contributed by atoms with Gasteiger partial charge in [0.05, 0.1) is 11.3 Å². The topological polar surface area (TPSA) is 67.8 Å². The van der Waals surface area contributed by atoms with Gasteiger partial charge in [-0.05, 0) is 36.6 Å². The number of carbonyl (C=O) groups is 1. The van der Waals surface area contributed by atoms with Crippen molar-refractivity contribution in [1.29, 1.82) is 0 Å². The lowest BCUT2D eigenvalue weighted by atomic mass is 10.2. The largest absolute Gasteiger partial charge is 0.322 e. The molecule has 0 aliphatic rings. The summed E-state index contributed by atoms with van der Waals surface area (Å²) in [6.45, 7) is 0. The molecule has 3 rings (SSSR count). The van der Waals surface area contributed by atoms with E-state index in [4.69, 9.17) is 0 Å². The summed E-state index contributed by atoms with van der Waals surface area (Å²) in [6.07, 6.45) is 8.38. The highest BCUT2D eigenvalue weighted by Crippen LogP contribution is 2.20. The zero-order valence-corrected chi connectivity index (χ0v) is 13.2. The van der Waals surface area contributed by atoms with E-state index in [1.807, 2.05) is 30.5 Å². The minimum absolute atomic E-state index is 0.188. The molecule has 0 fully saturated rings. The average molecular weight is 322 g/mol. The standard InChI is InChI=1S/C17H14N4OS/c1-23-15-4-2-3-14(7-15)21-17(22)12-5-6-16(20-10-12)13-8-18-11-19-9-13/h2-11H,1H3,(H,21,22). The van der Waals surface area contributed by atoms with Gasteiger partial charge in [-0.1, -0.05) is 6.07 Å². The van der Waals surface area contributed by atoms with Crippen LogP contribution in [0.1, 0.15) is 10.4 Å². The fraction of sp³-hybridized carbons (Fsp3) is 0.0588. The lowest BCUT2D eigenvalue weighted by Gasteiger charge is -2.07. The molecule has 0 atom stereocenters. The fourth-order valence-corrected chi connectivity index (χ4v) is 2.49. The van der Waals surface area contributed by atoms with Gasteiger partial charge in [0.1, 0.15) is 6.33 Å². The van der Waals surface area contributed by atoms with Gasteiger partial charge in [0, 0.05) is 34.7 Å². The summed E-state index contributed by atoms with van der Waals surface area (Å²) >= 11 is 1.63. The molecule has 0 aliphatic heterocycles. The number of pyridine rings is 1. The minimum atomic E-state index is -0.188. The van der Waals surface area contributed by atoms with Gasteiger partial charge >= 0.3 is 0 Å². The summed E-state index contributed by atoms with van der Waals surface area (Å²) in [5, 5.41) is 2.88.